The van der Waals surface area contributed by atoms with Crippen LogP contribution in [0.25, 0.3) is 0 Å². The minimum absolute atomic E-state index is 0.583. The van der Waals surface area contributed by atoms with Crippen LogP contribution < -0.4 is 10.1 Å². The monoisotopic (exact) mass is 205 g/mol. The van der Waals surface area contributed by atoms with Gasteiger partial charge in [-0.1, -0.05) is 24.3 Å². The van der Waals surface area contributed by atoms with Gasteiger partial charge in [0.05, 0.1) is 0 Å². The van der Waals surface area contributed by atoms with E-state index in [4.69, 9.17) is 4.74 Å². The molecule has 0 radical (unpaired) electrons. The highest BCUT2D eigenvalue weighted by atomic mass is 16.5. The third-order valence-corrected chi connectivity index (χ3v) is 2.06. The molecule has 2 heteroatoms. The molecule has 0 saturated heterocycles. The first-order chi connectivity index (χ1) is 7.13. The molecule has 1 N–H and O–H groups in total. The van der Waals surface area contributed by atoms with Crippen LogP contribution in [0.2, 0.25) is 0 Å². The first-order valence-corrected chi connectivity index (χ1v) is 5.15. The number of nitrogens with one attached hydrogen (secondary N) is 1. The maximum Gasteiger partial charge on any atom is 0.124 e. The average Bonchev–Trinajstić information content (AvgIpc) is 2.17. The molecule has 2 nitrogen and oxygen atoms in total. The zero-order valence-corrected chi connectivity index (χ0v) is 9.76. The largest absolute Gasteiger partial charge is 0.489 e. The number of aryl methyl sites for hydroxylation is 1. The third kappa shape index (κ3) is 3.76. The molecule has 0 atom stereocenters. The van der Waals surface area contributed by atoms with Gasteiger partial charge in [-0.15, -0.1) is 0 Å². The summed E-state index contributed by atoms with van der Waals surface area (Å²) >= 11 is 0. The molecule has 1 aromatic carbocycles. The summed E-state index contributed by atoms with van der Waals surface area (Å²) in [5.74, 6) is 0.943. The molecule has 0 spiro atoms. The highest BCUT2D eigenvalue weighted by Crippen LogP contribution is 2.20. The van der Waals surface area contributed by atoms with E-state index in [0.717, 1.165) is 17.9 Å². The predicted octanol–water partition coefficient (Wildman–Crippen LogP) is 2.67. The van der Waals surface area contributed by atoms with Gasteiger partial charge >= 0.3 is 0 Å². The van der Waals surface area contributed by atoms with Crippen LogP contribution in [0.4, 0.5) is 0 Å². The Kier molecular flexibility index (Phi) is 4.37. The maximum absolute atomic E-state index is 5.67. The smallest absolute Gasteiger partial charge is 0.124 e. The van der Waals surface area contributed by atoms with Crippen molar-refractivity contribution in [1.82, 2.24) is 5.32 Å². The van der Waals surface area contributed by atoms with Gasteiger partial charge < -0.3 is 10.1 Å². The van der Waals surface area contributed by atoms with Crippen molar-refractivity contribution >= 4 is 0 Å². The van der Waals surface area contributed by atoms with Crippen LogP contribution in [-0.2, 0) is 6.54 Å². The number of ether oxygens (including phenoxy) is 1. The lowest BCUT2D eigenvalue weighted by Crippen LogP contribution is -2.08. The van der Waals surface area contributed by atoms with Crippen molar-refractivity contribution in [3.05, 3.63) is 41.5 Å². The van der Waals surface area contributed by atoms with E-state index in [2.05, 4.69) is 31.0 Å². The van der Waals surface area contributed by atoms with E-state index < -0.39 is 0 Å². The maximum atomic E-state index is 5.67. The van der Waals surface area contributed by atoms with E-state index in [1.807, 2.05) is 20.0 Å². The molecule has 82 valence electrons. The van der Waals surface area contributed by atoms with Crippen LogP contribution in [0, 0.1) is 6.92 Å². The lowest BCUT2D eigenvalue weighted by Gasteiger charge is -2.12. The molecule has 1 aromatic rings. The zero-order chi connectivity index (χ0) is 11.3. The van der Waals surface area contributed by atoms with Crippen LogP contribution in [0.15, 0.2) is 30.4 Å². The molecular weight excluding hydrogens is 186 g/mol. The second-order valence-electron chi connectivity index (χ2n) is 3.89. The van der Waals surface area contributed by atoms with Gasteiger partial charge in [0.1, 0.15) is 12.4 Å². The molecule has 0 aromatic heterocycles. The zero-order valence-electron chi connectivity index (χ0n) is 9.76. The van der Waals surface area contributed by atoms with Gasteiger partial charge in [-0.25, -0.2) is 0 Å². The summed E-state index contributed by atoms with van der Waals surface area (Å²) in [7, 11) is 1.94. The number of hydrogen-bond donors (Lipinski definition) is 1. The van der Waals surface area contributed by atoms with Crippen LogP contribution in [0.3, 0.4) is 0 Å². The van der Waals surface area contributed by atoms with E-state index in [1.54, 1.807) is 0 Å². The molecule has 0 amide bonds. The molecule has 0 aliphatic carbocycles. The van der Waals surface area contributed by atoms with Crippen molar-refractivity contribution in [3.8, 4) is 5.75 Å². The molecule has 0 fully saturated rings. The molecule has 0 unspecified atom stereocenters. The first kappa shape index (κ1) is 11.8. The lowest BCUT2D eigenvalue weighted by molar-refractivity contribution is 0.348. The minimum atomic E-state index is 0.583. The Morgan fingerprint density at radius 2 is 2.20 bits per heavy atom. The summed E-state index contributed by atoms with van der Waals surface area (Å²) in [4.78, 5) is 0. The summed E-state index contributed by atoms with van der Waals surface area (Å²) in [5.41, 5.74) is 3.48. The van der Waals surface area contributed by atoms with E-state index in [1.165, 1.54) is 11.1 Å². The summed E-state index contributed by atoms with van der Waals surface area (Å²) in [6.45, 7) is 9.28. The third-order valence-electron chi connectivity index (χ3n) is 2.06. The number of benzene rings is 1. The van der Waals surface area contributed by atoms with Gasteiger partial charge in [0.15, 0.2) is 0 Å². The molecule has 1 rings (SSSR count). The van der Waals surface area contributed by atoms with Gasteiger partial charge in [0.25, 0.3) is 0 Å². The van der Waals surface area contributed by atoms with Crippen molar-refractivity contribution in [3.63, 3.8) is 0 Å². The Balaban J connectivity index is 2.80. The normalized spacial score (nSPS) is 10.1. The van der Waals surface area contributed by atoms with Crippen molar-refractivity contribution in [2.75, 3.05) is 13.7 Å². The molecule has 0 aliphatic heterocycles. The molecule has 0 aliphatic rings. The Hall–Kier alpha value is -1.28. The number of rotatable bonds is 5. The molecular formula is C13H19NO. The quantitative estimate of drug-likeness (QED) is 0.746. The lowest BCUT2D eigenvalue weighted by atomic mass is 10.1. The first-order valence-electron chi connectivity index (χ1n) is 5.15. The standard InChI is InChI=1S/C13H19NO/c1-10(2)9-15-13-6-5-11(3)7-12(13)8-14-4/h5-7,14H,1,8-9H2,2-4H3. The SMILES string of the molecule is C=C(C)COc1ccc(C)cc1CNC. The Morgan fingerprint density at radius 1 is 1.47 bits per heavy atom. The Morgan fingerprint density at radius 3 is 2.80 bits per heavy atom. The summed E-state index contributed by atoms with van der Waals surface area (Å²) in [5, 5.41) is 3.14. The Bertz CT molecular complexity index is 344. The van der Waals surface area contributed by atoms with Crippen LogP contribution in [0.1, 0.15) is 18.1 Å². The highest BCUT2D eigenvalue weighted by Gasteiger charge is 2.03. The van der Waals surface area contributed by atoms with Crippen LogP contribution >= 0.6 is 0 Å². The predicted molar refractivity (Wildman–Crippen MR) is 64.3 cm³/mol. The minimum Gasteiger partial charge on any atom is -0.489 e. The number of hydrogen-bond acceptors (Lipinski definition) is 2. The Labute approximate surface area is 92.0 Å². The van der Waals surface area contributed by atoms with Crippen molar-refractivity contribution in [1.29, 1.82) is 0 Å². The van der Waals surface area contributed by atoms with Gasteiger partial charge in [-0.3, -0.25) is 0 Å². The van der Waals surface area contributed by atoms with E-state index in [-0.39, 0.29) is 0 Å². The highest BCUT2D eigenvalue weighted by molar-refractivity contribution is 5.37. The van der Waals surface area contributed by atoms with Crippen molar-refractivity contribution in [2.45, 2.75) is 20.4 Å². The second-order valence-corrected chi connectivity index (χ2v) is 3.89. The van der Waals surface area contributed by atoms with E-state index in [0.29, 0.717) is 6.61 Å². The fraction of sp³-hybridized carbons (Fsp3) is 0.385. The van der Waals surface area contributed by atoms with E-state index >= 15 is 0 Å². The van der Waals surface area contributed by atoms with Crippen molar-refractivity contribution in [2.24, 2.45) is 0 Å². The molecule has 15 heavy (non-hydrogen) atoms. The van der Waals surface area contributed by atoms with Gasteiger partial charge in [-0.2, -0.15) is 0 Å². The van der Waals surface area contributed by atoms with Gasteiger partial charge in [0.2, 0.25) is 0 Å². The second kappa shape index (κ2) is 5.56. The van der Waals surface area contributed by atoms with Gasteiger partial charge in [0, 0.05) is 12.1 Å². The summed E-state index contributed by atoms with van der Waals surface area (Å²) in [6.07, 6.45) is 0. The topological polar surface area (TPSA) is 21.3 Å². The van der Waals surface area contributed by atoms with Crippen LogP contribution in [-0.4, -0.2) is 13.7 Å². The molecule has 0 saturated carbocycles. The molecule has 0 bridgehead atoms. The van der Waals surface area contributed by atoms with Gasteiger partial charge in [-0.05, 0) is 32.5 Å². The van der Waals surface area contributed by atoms with Crippen molar-refractivity contribution < 1.29 is 4.74 Å². The fourth-order valence-electron chi connectivity index (χ4n) is 1.38. The van der Waals surface area contributed by atoms with Crippen LogP contribution in [0.5, 0.6) is 5.75 Å². The molecule has 0 heterocycles. The average molecular weight is 205 g/mol. The summed E-state index contributed by atoms with van der Waals surface area (Å²) in [6, 6.07) is 6.22. The summed E-state index contributed by atoms with van der Waals surface area (Å²) < 4.78 is 5.67. The fourth-order valence-corrected chi connectivity index (χ4v) is 1.38. The van der Waals surface area contributed by atoms with E-state index in [9.17, 15) is 0 Å².